The molecule has 0 aromatic heterocycles. The van der Waals surface area contributed by atoms with Crippen molar-refractivity contribution < 1.29 is 0 Å². The second-order valence-electron chi connectivity index (χ2n) is 3.13. The Labute approximate surface area is 80.8 Å². The van der Waals surface area contributed by atoms with E-state index in [0.717, 1.165) is 0 Å². The van der Waals surface area contributed by atoms with Crippen LogP contribution in [0.1, 0.15) is 11.1 Å². The smallest absolute Gasteiger partial charge is 0.0420 e. The molecule has 0 spiro atoms. The molecule has 0 saturated carbocycles. The topological polar surface area (TPSA) is 3.24 Å². The molecule has 12 heavy (non-hydrogen) atoms. The minimum Gasteiger partial charge on any atom is -0.377 e. The number of para-hydroxylation sites is 1. The lowest BCUT2D eigenvalue weighted by Gasteiger charge is -2.17. The van der Waals surface area contributed by atoms with Crippen LogP contribution >= 0.6 is 12.4 Å². The SMILES string of the molecule is Cc1cccc(C)c1N(C)C.Cl. The Hall–Kier alpha value is -0.690. The van der Waals surface area contributed by atoms with Crippen molar-refractivity contribution in [2.45, 2.75) is 13.8 Å². The van der Waals surface area contributed by atoms with Crippen LogP contribution in [-0.2, 0) is 0 Å². The van der Waals surface area contributed by atoms with Crippen LogP contribution < -0.4 is 4.90 Å². The third kappa shape index (κ3) is 2.15. The normalized spacial score (nSPS) is 9.00. The van der Waals surface area contributed by atoms with Crippen molar-refractivity contribution in [3.05, 3.63) is 29.3 Å². The van der Waals surface area contributed by atoms with Crippen LogP contribution in [0.4, 0.5) is 5.69 Å². The summed E-state index contributed by atoms with van der Waals surface area (Å²) in [5, 5.41) is 0. The Kier molecular flexibility index (Phi) is 4.11. The summed E-state index contributed by atoms with van der Waals surface area (Å²) in [6, 6.07) is 6.38. The first-order valence-electron chi connectivity index (χ1n) is 3.86. The number of benzene rings is 1. The van der Waals surface area contributed by atoms with Gasteiger partial charge in [-0.25, -0.2) is 0 Å². The molecule has 0 radical (unpaired) electrons. The molecular weight excluding hydrogens is 170 g/mol. The minimum atomic E-state index is 0. The Morgan fingerprint density at radius 3 is 1.67 bits per heavy atom. The van der Waals surface area contributed by atoms with E-state index in [0.29, 0.717) is 0 Å². The molecule has 0 atom stereocenters. The summed E-state index contributed by atoms with van der Waals surface area (Å²) in [4.78, 5) is 2.16. The highest BCUT2D eigenvalue weighted by Crippen LogP contribution is 2.21. The van der Waals surface area contributed by atoms with E-state index in [1.807, 2.05) is 0 Å². The third-order valence-electron chi connectivity index (χ3n) is 1.89. The van der Waals surface area contributed by atoms with Gasteiger partial charge in [-0.2, -0.15) is 0 Å². The Morgan fingerprint density at radius 2 is 1.42 bits per heavy atom. The molecule has 0 saturated heterocycles. The summed E-state index contributed by atoms with van der Waals surface area (Å²) in [5.74, 6) is 0. The van der Waals surface area contributed by atoms with Crippen molar-refractivity contribution in [3.63, 3.8) is 0 Å². The molecule has 0 N–H and O–H groups in total. The molecule has 0 aliphatic carbocycles. The average molecular weight is 186 g/mol. The fourth-order valence-corrected chi connectivity index (χ4v) is 1.51. The Balaban J connectivity index is 0.00000121. The molecule has 1 nitrogen and oxygen atoms in total. The van der Waals surface area contributed by atoms with Gasteiger partial charge in [0.2, 0.25) is 0 Å². The second-order valence-corrected chi connectivity index (χ2v) is 3.13. The van der Waals surface area contributed by atoms with E-state index in [-0.39, 0.29) is 12.4 Å². The number of halogens is 1. The van der Waals surface area contributed by atoms with Crippen LogP contribution in [0.2, 0.25) is 0 Å². The summed E-state index contributed by atoms with van der Waals surface area (Å²) in [7, 11) is 4.16. The number of aryl methyl sites for hydroxylation is 2. The number of rotatable bonds is 1. The van der Waals surface area contributed by atoms with Gasteiger partial charge in [0, 0.05) is 19.8 Å². The van der Waals surface area contributed by atoms with Crippen molar-refractivity contribution >= 4 is 18.1 Å². The molecule has 68 valence electrons. The van der Waals surface area contributed by atoms with Gasteiger partial charge in [0.1, 0.15) is 0 Å². The molecule has 0 amide bonds. The molecule has 0 bridgehead atoms. The van der Waals surface area contributed by atoms with E-state index in [1.54, 1.807) is 0 Å². The van der Waals surface area contributed by atoms with Gasteiger partial charge in [0.15, 0.2) is 0 Å². The maximum atomic E-state index is 2.16. The number of nitrogens with zero attached hydrogens (tertiary/aromatic N) is 1. The predicted octanol–water partition coefficient (Wildman–Crippen LogP) is 2.79. The third-order valence-corrected chi connectivity index (χ3v) is 1.89. The van der Waals surface area contributed by atoms with E-state index in [9.17, 15) is 0 Å². The van der Waals surface area contributed by atoms with E-state index < -0.39 is 0 Å². The van der Waals surface area contributed by atoms with Gasteiger partial charge in [-0.05, 0) is 25.0 Å². The Bertz CT molecular complexity index is 236. The highest BCUT2D eigenvalue weighted by molar-refractivity contribution is 5.85. The summed E-state index contributed by atoms with van der Waals surface area (Å²) < 4.78 is 0. The van der Waals surface area contributed by atoms with E-state index in [4.69, 9.17) is 0 Å². The van der Waals surface area contributed by atoms with Crippen LogP contribution in [0, 0.1) is 13.8 Å². The quantitative estimate of drug-likeness (QED) is 0.651. The van der Waals surface area contributed by atoms with Gasteiger partial charge < -0.3 is 4.90 Å². The second kappa shape index (κ2) is 4.36. The van der Waals surface area contributed by atoms with Crippen molar-refractivity contribution in [2.75, 3.05) is 19.0 Å². The van der Waals surface area contributed by atoms with Crippen molar-refractivity contribution in [1.29, 1.82) is 0 Å². The van der Waals surface area contributed by atoms with Gasteiger partial charge in [0.25, 0.3) is 0 Å². The van der Waals surface area contributed by atoms with Gasteiger partial charge in [-0.1, -0.05) is 18.2 Å². The van der Waals surface area contributed by atoms with Gasteiger partial charge in [-0.3, -0.25) is 0 Å². The first kappa shape index (κ1) is 11.3. The monoisotopic (exact) mass is 185 g/mol. The fraction of sp³-hybridized carbons (Fsp3) is 0.400. The molecular formula is C10H16ClN. The summed E-state index contributed by atoms with van der Waals surface area (Å²) in [6.45, 7) is 4.28. The lowest BCUT2D eigenvalue weighted by molar-refractivity contribution is 1.10. The maximum absolute atomic E-state index is 2.16. The number of anilines is 1. The lowest BCUT2D eigenvalue weighted by Crippen LogP contribution is -2.11. The van der Waals surface area contributed by atoms with E-state index in [2.05, 4.69) is 51.0 Å². The van der Waals surface area contributed by atoms with Crippen molar-refractivity contribution in [1.82, 2.24) is 0 Å². The van der Waals surface area contributed by atoms with Gasteiger partial charge >= 0.3 is 0 Å². The highest BCUT2D eigenvalue weighted by Gasteiger charge is 2.01. The van der Waals surface area contributed by atoms with Crippen LogP contribution in [0.5, 0.6) is 0 Å². The molecule has 1 rings (SSSR count). The molecule has 1 aromatic carbocycles. The molecule has 0 fully saturated rings. The van der Waals surface area contributed by atoms with E-state index in [1.165, 1.54) is 16.8 Å². The standard InChI is InChI=1S/C10H15N.ClH/c1-8-6-5-7-9(2)10(8)11(3)4;/h5-7H,1-4H3;1H. The van der Waals surface area contributed by atoms with Crippen LogP contribution in [0.3, 0.4) is 0 Å². The predicted molar refractivity (Wildman–Crippen MR) is 57.5 cm³/mol. The van der Waals surface area contributed by atoms with Crippen molar-refractivity contribution in [2.24, 2.45) is 0 Å². The average Bonchev–Trinajstić information content (AvgIpc) is 1.85. The number of hydrogen-bond acceptors (Lipinski definition) is 1. The van der Waals surface area contributed by atoms with E-state index >= 15 is 0 Å². The fourth-order valence-electron chi connectivity index (χ4n) is 1.51. The van der Waals surface area contributed by atoms with Crippen LogP contribution in [0.25, 0.3) is 0 Å². The molecule has 1 aromatic rings. The Morgan fingerprint density at radius 1 is 1.00 bits per heavy atom. The van der Waals surface area contributed by atoms with Crippen LogP contribution in [0.15, 0.2) is 18.2 Å². The molecule has 2 heteroatoms. The lowest BCUT2D eigenvalue weighted by atomic mass is 10.1. The zero-order valence-corrected chi connectivity index (χ0v) is 8.90. The minimum absolute atomic E-state index is 0. The summed E-state index contributed by atoms with van der Waals surface area (Å²) >= 11 is 0. The van der Waals surface area contributed by atoms with Gasteiger partial charge in [-0.15, -0.1) is 12.4 Å². The first-order valence-corrected chi connectivity index (χ1v) is 3.86. The molecule has 0 heterocycles. The zero-order valence-electron chi connectivity index (χ0n) is 8.09. The maximum Gasteiger partial charge on any atom is 0.0420 e. The summed E-state index contributed by atoms with van der Waals surface area (Å²) in [6.07, 6.45) is 0. The van der Waals surface area contributed by atoms with Crippen LogP contribution in [-0.4, -0.2) is 14.1 Å². The molecule has 0 unspecified atom stereocenters. The summed E-state index contributed by atoms with van der Waals surface area (Å²) in [5.41, 5.74) is 4.03. The largest absolute Gasteiger partial charge is 0.377 e. The van der Waals surface area contributed by atoms with Crippen molar-refractivity contribution in [3.8, 4) is 0 Å². The molecule has 0 aliphatic heterocycles. The number of hydrogen-bond donors (Lipinski definition) is 0. The molecule has 0 aliphatic rings. The first-order chi connectivity index (χ1) is 5.13. The van der Waals surface area contributed by atoms with Gasteiger partial charge in [0.05, 0.1) is 0 Å². The zero-order chi connectivity index (χ0) is 8.43. The highest BCUT2D eigenvalue weighted by atomic mass is 35.5.